The lowest BCUT2D eigenvalue weighted by Gasteiger charge is -2.37. The molecule has 1 aliphatic rings. The van der Waals surface area contributed by atoms with Crippen LogP contribution in [0.25, 0.3) is 0 Å². The zero-order valence-electron chi connectivity index (χ0n) is 5.29. The molecule has 0 aromatic carbocycles. The van der Waals surface area contributed by atoms with E-state index in [1.165, 1.54) is 0 Å². The normalized spacial score (nSPS) is 46.1. The van der Waals surface area contributed by atoms with Crippen LogP contribution in [-0.4, -0.2) is 22.7 Å². The van der Waals surface area contributed by atoms with E-state index in [9.17, 15) is 0 Å². The molecular formula is C6H12OS. The van der Waals surface area contributed by atoms with E-state index in [-0.39, 0.29) is 6.10 Å². The summed E-state index contributed by atoms with van der Waals surface area (Å²) in [5.74, 6) is 0.532. The van der Waals surface area contributed by atoms with E-state index >= 15 is 0 Å². The van der Waals surface area contributed by atoms with E-state index in [1.54, 1.807) is 0 Å². The number of rotatable bonds is 1. The number of aliphatic hydroxyl groups excluding tert-OH is 1. The summed E-state index contributed by atoms with van der Waals surface area (Å²) in [5, 5.41) is 9.73. The van der Waals surface area contributed by atoms with Crippen LogP contribution in [0.3, 0.4) is 0 Å². The van der Waals surface area contributed by atoms with Crippen LogP contribution in [0.15, 0.2) is 0 Å². The van der Waals surface area contributed by atoms with Gasteiger partial charge < -0.3 is 5.11 Å². The van der Waals surface area contributed by atoms with Crippen LogP contribution in [0.2, 0.25) is 0 Å². The molecule has 1 nitrogen and oxygen atoms in total. The van der Waals surface area contributed by atoms with E-state index in [2.05, 4.69) is 13.2 Å². The van der Waals surface area contributed by atoms with Gasteiger partial charge in [0.2, 0.25) is 0 Å². The Kier molecular flexibility index (Phi) is 1.83. The van der Waals surface area contributed by atoms with Crippen molar-refractivity contribution >= 4 is 11.8 Å². The lowest BCUT2D eigenvalue weighted by molar-refractivity contribution is 0.0417. The second-order valence-corrected chi connectivity index (χ2v) is 3.51. The van der Waals surface area contributed by atoms with Gasteiger partial charge in [-0.05, 0) is 18.6 Å². The first-order valence-corrected chi connectivity index (χ1v) is 4.25. The first-order valence-electron chi connectivity index (χ1n) is 2.96. The van der Waals surface area contributed by atoms with Crippen molar-refractivity contribution in [1.29, 1.82) is 0 Å². The highest BCUT2D eigenvalue weighted by Crippen LogP contribution is 2.35. The Bertz CT molecular complexity index is 84.6. The Hall–Kier alpha value is 0.310. The summed E-state index contributed by atoms with van der Waals surface area (Å²) in [7, 11) is 0. The molecular weight excluding hydrogens is 120 g/mol. The highest BCUT2D eigenvalue weighted by atomic mass is 32.2. The molecule has 3 atom stereocenters. The molecule has 0 heterocycles. The molecule has 1 saturated carbocycles. The number of hydrogen-bond acceptors (Lipinski definition) is 2. The van der Waals surface area contributed by atoms with Gasteiger partial charge in [0, 0.05) is 5.25 Å². The van der Waals surface area contributed by atoms with Gasteiger partial charge in [0.1, 0.15) is 0 Å². The van der Waals surface area contributed by atoms with Crippen molar-refractivity contribution in [1.82, 2.24) is 0 Å². The fraction of sp³-hybridized carbons (Fsp3) is 1.00. The Morgan fingerprint density at radius 2 is 2.25 bits per heavy atom. The summed E-state index contributed by atoms with van der Waals surface area (Å²) in [6.45, 7) is 2.11. The third-order valence-electron chi connectivity index (χ3n) is 1.97. The van der Waals surface area contributed by atoms with Gasteiger partial charge in [0.05, 0.1) is 6.10 Å². The highest BCUT2D eigenvalue weighted by Gasteiger charge is 2.35. The minimum atomic E-state index is -0.00699. The minimum absolute atomic E-state index is 0.00699. The summed E-state index contributed by atoms with van der Waals surface area (Å²) >= 11 is 1.86. The molecule has 48 valence electrons. The van der Waals surface area contributed by atoms with Gasteiger partial charge in [-0.1, -0.05) is 6.92 Å². The second kappa shape index (κ2) is 2.28. The zero-order valence-corrected chi connectivity index (χ0v) is 6.11. The quantitative estimate of drug-likeness (QED) is 0.577. The van der Waals surface area contributed by atoms with Crippen LogP contribution in [0, 0.1) is 5.92 Å². The number of aliphatic hydroxyl groups is 1. The average Bonchev–Trinajstić information content (AvgIpc) is 1.81. The SMILES string of the molecule is CSC1CC(O)C1C. The standard InChI is InChI=1S/C6H12OS/c1-4-5(7)3-6(4)8-2/h4-7H,3H2,1-2H3. The third-order valence-corrected chi connectivity index (χ3v) is 3.20. The van der Waals surface area contributed by atoms with Crippen molar-refractivity contribution < 1.29 is 5.11 Å². The third kappa shape index (κ3) is 0.869. The monoisotopic (exact) mass is 132 g/mol. The van der Waals surface area contributed by atoms with Crippen molar-refractivity contribution in [3.63, 3.8) is 0 Å². The Labute approximate surface area is 54.5 Å². The smallest absolute Gasteiger partial charge is 0.0587 e. The Morgan fingerprint density at radius 1 is 1.62 bits per heavy atom. The molecule has 3 unspecified atom stereocenters. The maximum atomic E-state index is 9.00. The van der Waals surface area contributed by atoms with Gasteiger partial charge in [0.15, 0.2) is 0 Å². The molecule has 0 amide bonds. The molecule has 0 saturated heterocycles. The molecule has 0 bridgehead atoms. The molecule has 1 rings (SSSR count). The predicted octanol–water partition coefficient (Wildman–Crippen LogP) is 1.12. The van der Waals surface area contributed by atoms with Crippen LogP contribution >= 0.6 is 11.8 Å². The molecule has 0 aliphatic heterocycles. The van der Waals surface area contributed by atoms with Crippen LogP contribution < -0.4 is 0 Å². The van der Waals surface area contributed by atoms with Crippen LogP contribution in [0.4, 0.5) is 0 Å². The van der Waals surface area contributed by atoms with E-state index in [1.807, 2.05) is 11.8 Å². The average molecular weight is 132 g/mol. The first-order chi connectivity index (χ1) is 3.75. The van der Waals surface area contributed by atoms with Gasteiger partial charge in [-0.3, -0.25) is 0 Å². The van der Waals surface area contributed by atoms with Crippen molar-refractivity contribution in [2.24, 2.45) is 5.92 Å². The van der Waals surface area contributed by atoms with Crippen molar-refractivity contribution in [2.75, 3.05) is 6.26 Å². The van der Waals surface area contributed by atoms with Crippen molar-refractivity contribution in [3.8, 4) is 0 Å². The molecule has 2 heteroatoms. The molecule has 0 aromatic heterocycles. The fourth-order valence-electron chi connectivity index (χ4n) is 1.03. The lowest BCUT2D eigenvalue weighted by atomic mass is 9.83. The Balaban J connectivity index is 2.25. The van der Waals surface area contributed by atoms with Gasteiger partial charge in [0.25, 0.3) is 0 Å². The van der Waals surface area contributed by atoms with Crippen molar-refractivity contribution in [2.45, 2.75) is 24.7 Å². The van der Waals surface area contributed by atoms with Crippen LogP contribution in [0.5, 0.6) is 0 Å². The molecule has 1 fully saturated rings. The van der Waals surface area contributed by atoms with E-state index < -0.39 is 0 Å². The predicted molar refractivity (Wildman–Crippen MR) is 37.1 cm³/mol. The summed E-state index contributed by atoms with van der Waals surface area (Å²) < 4.78 is 0. The molecule has 1 aliphatic carbocycles. The van der Waals surface area contributed by atoms with Gasteiger partial charge in [-0.2, -0.15) is 11.8 Å². The summed E-state index contributed by atoms with van der Waals surface area (Å²) in [6.07, 6.45) is 3.10. The first kappa shape index (κ1) is 6.43. The molecule has 0 aromatic rings. The van der Waals surface area contributed by atoms with Gasteiger partial charge >= 0.3 is 0 Å². The maximum Gasteiger partial charge on any atom is 0.0587 e. The number of thioether (sulfide) groups is 1. The van der Waals surface area contributed by atoms with E-state index in [0.717, 1.165) is 11.7 Å². The van der Waals surface area contributed by atoms with Crippen molar-refractivity contribution in [3.05, 3.63) is 0 Å². The molecule has 8 heavy (non-hydrogen) atoms. The van der Waals surface area contributed by atoms with Crippen LogP contribution in [0.1, 0.15) is 13.3 Å². The molecule has 0 radical (unpaired) electrons. The van der Waals surface area contributed by atoms with Crippen LogP contribution in [-0.2, 0) is 0 Å². The van der Waals surface area contributed by atoms with E-state index in [0.29, 0.717) is 5.92 Å². The number of hydrogen-bond donors (Lipinski definition) is 1. The minimum Gasteiger partial charge on any atom is -0.393 e. The van der Waals surface area contributed by atoms with E-state index in [4.69, 9.17) is 5.11 Å². The largest absolute Gasteiger partial charge is 0.393 e. The fourth-order valence-corrected chi connectivity index (χ4v) is 2.03. The molecule has 1 N–H and O–H groups in total. The lowest BCUT2D eigenvalue weighted by Crippen LogP contribution is -2.41. The zero-order chi connectivity index (χ0) is 6.15. The summed E-state index contributed by atoms with van der Waals surface area (Å²) in [4.78, 5) is 0. The van der Waals surface area contributed by atoms with Gasteiger partial charge in [-0.25, -0.2) is 0 Å². The second-order valence-electron chi connectivity index (χ2n) is 2.44. The Morgan fingerprint density at radius 3 is 2.38 bits per heavy atom. The maximum absolute atomic E-state index is 9.00. The summed E-state index contributed by atoms with van der Waals surface area (Å²) in [6, 6.07) is 0. The highest BCUT2D eigenvalue weighted by molar-refractivity contribution is 7.99. The molecule has 0 spiro atoms. The summed E-state index contributed by atoms with van der Waals surface area (Å²) in [5.41, 5.74) is 0. The van der Waals surface area contributed by atoms with Gasteiger partial charge in [-0.15, -0.1) is 0 Å². The topological polar surface area (TPSA) is 20.2 Å².